The van der Waals surface area contributed by atoms with Crippen molar-refractivity contribution in [2.75, 3.05) is 0 Å². The van der Waals surface area contributed by atoms with Gasteiger partial charge in [0.15, 0.2) is 0 Å². The van der Waals surface area contributed by atoms with Gasteiger partial charge in [-0.15, -0.1) is 0 Å². The fourth-order valence-corrected chi connectivity index (χ4v) is 3.41. The Kier molecular flexibility index (Phi) is 26.5. The van der Waals surface area contributed by atoms with Crippen LogP contribution in [-0.4, -0.2) is 11.1 Å². The highest BCUT2D eigenvalue weighted by Gasteiger charge is 1.97. The first kappa shape index (κ1) is 28.4. The van der Waals surface area contributed by atoms with Gasteiger partial charge in [-0.2, -0.15) is 0 Å². The van der Waals surface area contributed by atoms with Gasteiger partial charge in [0.1, 0.15) is 0 Å². The molecule has 0 aromatic heterocycles. The second kappa shape index (κ2) is 25.2. The Bertz CT molecular complexity index is 309. The summed E-state index contributed by atoms with van der Waals surface area (Å²) in [5, 5.41) is 8.57. The van der Waals surface area contributed by atoms with Crippen LogP contribution in [0.25, 0.3) is 0 Å². The Labute approximate surface area is 171 Å². The van der Waals surface area contributed by atoms with Crippen LogP contribution in [0.5, 0.6) is 0 Å². The van der Waals surface area contributed by atoms with Gasteiger partial charge in [-0.3, -0.25) is 4.79 Å². The minimum absolute atomic E-state index is 0. The molecule has 162 valence electrons. The molecule has 0 aliphatic heterocycles. The van der Waals surface area contributed by atoms with Crippen molar-refractivity contribution < 1.29 is 9.90 Å². The van der Waals surface area contributed by atoms with Crippen LogP contribution in [0.4, 0.5) is 0 Å². The first-order valence-corrected chi connectivity index (χ1v) is 11.6. The summed E-state index contributed by atoms with van der Waals surface area (Å²) >= 11 is 0. The van der Waals surface area contributed by atoms with Gasteiger partial charge in [0.2, 0.25) is 0 Å². The summed E-state index contributed by atoms with van der Waals surface area (Å²) in [5.41, 5.74) is 0. The Hall–Kier alpha value is -0.790. The molecule has 2 heteroatoms. The van der Waals surface area contributed by atoms with E-state index in [1.54, 1.807) is 0 Å². The predicted octanol–water partition coefficient (Wildman–Crippen LogP) is 9.09. The first-order valence-electron chi connectivity index (χ1n) is 11.6. The summed E-state index contributed by atoms with van der Waals surface area (Å²) in [5.74, 6) is -0.654. The van der Waals surface area contributed by atoms with Crippen LogP contribution in [0.15, 0.2) is 12.2 Å². The molecule has 0 radical (unpaired) electrons. The highest BCUT2D eigenvalue weighted by atomic mass is 16.4. The predicted molar refractivity (Wildman–Crippen MR) is 122 cm³/mol. The zero-order valence-corrected chi connectivity index (χ0v) is 17.7. The lowest BCUT2D eigenvalue weighted by molar-refractivity contribution is -0.137. The molecule has 0 atom stereocenters. The van der Waals surface area contributed by atoms with Gasteiger partial charge in [-0.25, -0.2) is 0 Å². The van der Waals surface area contributed by atoms with Crippen molar-refractivity contribution in [2.45, 2.75) is 143 Å². The molecule has 0 heterocycles. The summed E-state index contributed by atoms with van der Waals surface area (Å²) in [7, 11) is 0. The van der Waals surface area contributed by atoms with Crippen LogP contribution in [0, 0.1) is 0 Å². The number of carboxylic acid groups (broad SMARTS) is 1. The van der Waals surface area contributed by atoms with Crippen molar-refractivity contribution >= 4 is 5.97 Å². The zero-order valence-electron chi connectivity index (χ0n) is 17.7. The minimum Gasteiger partial charge on any atom is -0.481 e. The maximum absolute atomic E-state index is 10.4. The topological polar surface area (TPSA) is 37.3 Å². The van der Waals surface area contributed by atoms with Gasteiger partial charge < -0.3 is 5.11 Å². The third-order valence-corrected chi connectivity index (χ3v) is 5.15. The van der Waals surface area contributed by atoms with E-state index in [-0.39, 0.29) is 7.43 Å². The minimum atomic E-state index is -0.654. The molecular weight excluding hydrogens is 332 g/mol. The lowest BCUT2D eigenvalue weighted by Crippen LogP contribution is -1.93. The van der Waals surface area contributed by atoms with Gasteiger partial charge in [0, 0.05) is 6.42 Å². The molecule has 0 unspecified atom stereocenters. The largest absolute Gasteiger partial charge is 0.481 e. The van der Waals surface area contributed by atoms with Crippen molar-refractivity contribution in [1.82, 2.24) is 0 Å². The summed E-state index contributed by atoms with van der Waals surface area (Å²) in [6.45, 7) is 2.28. The maximum Gasteiger partial charge on any atom is 0.303 e. The molecule has 0 saturated heterocycles. The van der Waals surface area contributed by atoms with Gasteiger partial charge in [-0.1, -0.05) is 116 Å². The van der Waals surface area contributed by atoms with Crippen LogP contribution < -0.4 is 0 Å². The van der Waals surface area contributed by atoms with Crippen molar-refractivity contribution in [3.8, 4) is 0 Å². The van der Waals surface area contributed by atoms with Gasteiger partial charge in [0.05, 0.1) is 0 Å². The van der Waals surface area contributed by atoms with Crippen LogP contribution in [0.3, 0.4) is 0 Å². The Morgan fingerprint density at radius 2 is 0.926 bits per heavy atom. The Morgan fingerprint density at radius 3 is 1.30 bits per heavy atom. The van der Waals surface area contributed by atoms with Gasteiger partial charge >= 0.3 is 5.97 Å². The fourth-order valence-electron chi connectivity index (χ4n) is 3.41. The summed E-state index contributed by atoms with van der Waals surface area (Å²) < 4.78 is 0. The molecule has 0 bridgehead atoms. The van der Waals surface area contributed by atoms with Gasteiger partial charge in [-0.05, 0) is 32.1 Å². The summed E-state index contributed by atoms with van der Waals surface area (Å²) in [6.07, 6.45) is 30.1. The van der Waals surface area contributed by atoms with E-state index < -0.39 is 5.97 Å². The molecule has 0 aliphatic carbocycles. The lowest BCUT2D eigenvalue weighted by atomic mass is 10.0. The van der Waals surface area contributed by atoms with E-state index in [0.29, 0.717) is 6.42 Å². The summed E-state index contributed by atoms with van der Waals surface area (Å²) in [6, 6.07) is 0. The molecule has 1 N–H and O–H groups in total. The maximum atomic E-state index is 10.4. The fraction of sp³-hybridized carbons (Fsp3) is 0.880. The molecule has 0 aromatic carbocycles. The number of hydrogen-bond donors (Lipinski definition) is 1. The van der Waals surface area contributed by atoms with E-state index in [2.05, 4.69) is 19.1 Å². The van der Waals surface area contributed by atoms with Gasteiger partial charge in [0.25, 0.3) is 0 Å². The van der Waals surface area contributed by atoms with Crippen LogP contribution in [-0.2, 0) is 4.79 Å². The second-order valence-electron chi connectivity index (χ2n) is 7.85. The number of hydrogen-bond acceptors (Lipinski definition) is 1. The molecule has 27 heavy (non-hydrogen) atoms. The standard InChI is InChI=1S/C24H46O2.CH4/c1-2-3-4-5-6-7-8-9-10-11-12-13-14-15-16-17-18-19-20-21-22-23-24(25)26;/h9-10H,2-8,11-23H2,1H3,(H,25,26);1H4. The molecule has 0 aromatic rings. The van der Waals surface area contributed by atoms with Crippen molar-refractivity contribution in [3.63, 3.8) is 0 Å². The molecule has 0 fully saturated rings. The molecule has 0 amide bonds. The van der Waals surface area contributed by atoms with E-state index in [9.17, 15) is 4.79 Å². The quantitative estimate of drug-likeness (QED) is 0.159. The average Bonchev–Trinajstić information content (AvgIpc) is 2.62. The number of rotatable bonds is 21. The molecule has 2 nitrogen and oxygen atoms in total. The van der Waals surface area contributed by atoms with Crippen molar-refractivity contribution in [1.29, 1.82) is 0 Å². The molecule has 0 rings (SSSR count). The monoisotopic (exact) mass is 382 g/mol. The Morgan fingerprint density at radius 1 is 0.593 bits per heavy atom. The Balaban J connectivity index is 0. The number of unbranched alkanes of at least 4 members (excludes halogenated alkanes) is 17. The normalized spacial score (nSPS) is 11.0. The number of allylic oxidation sites excluding steroid dienone is 2. The highest BCUT2D eigenvalue weighted by Crippen LogP contribution is 2.13. The van der Waals surface area contributed by atoms with Crippen LogP contribution in [0.2, 0.25) is 0 Å². The number of carboxylic acids is 1. The van der Waals surface area contributed by atoms with Crippen LogP contribution >= 0.6 is 0 Å². The number of carbonyl (C=O) groups is 1. The van der Waals surface area contributed by atoms with E-state index in [1.165, 1.54) is 109 Å². The lowest BCUT2D eigenvalue weighted by Gasteiger charge is -2.02. The third-order valence-electron chi connectivity index (χ3n) is 5.15. The molecule has 0 spiro atoms. The first-order chi connectivity index (χ1) is 12.8. The van der Waals surface area contributed by atoms with E-state index in [1.807, 2.05) is 0 Å². The smallest absolute Gasteiger partial charge is 0.303 e. The van der Waals surface area contributed by atoms with E-state index in [4.69, 9.17) is 5.11 Å². The average molecular weight is 383 g/mol. The van der Waals surface area contributed by atoms with Crippen molar-refractivity contribution in [2.24, 2.45) is 0 Å². The molecule has 0 saturated carbocycles. The zero-order chi connectivity index (χ0) is 19.1. The van der Waals surface area contributed by atoms with Crippen LogP contribution in [0.1, 0.15) is 143 Å². The van der Waals surface area contributed by atoms with E-state index in [0.717, 1.165) is 12.8 Å². The molecule has 0 aliphatic rings. The SMILES string of the molecule is C.CCCCCCCCC=CCCCCCCCCCCCCCC(=O)O. The summed E-state index contributed by atoms with van der Waals surface area (Å²) in [4.78, 5) is 10.4. The third kappa shape index (κ3) is 27.5. The number of aliphatic carboxylic acids is 1. The van der Waals surface area contributed by atoms with Crippen molar-refractivity contribution in [3.05, 3.63) is 12.2 Å². The molecular formula is C25H50O2. The highest BCUT2D eigenvalue weighted by molar-refractivity contribution is 5.66. The van der Waals surface area contributed by atoms with E-state index >= 15 is 0 Å². The second-order valence-corrected chi connectivity index (χ2v) is 7.85.